The molecule has 2 fully saturated rings. The Morgan fingerprint density at radius 1 is 1.19 bits per heavy atom. The summed E-state index contributed by atoms with van der Waals surface area (Å²) in [5.41, 5.74) is 0. The monoisotopic (exact) mass is 225 g/mol. The van der Waals surface area contributed by atoms with Crippen LogP contribution in [0.3, 0.4) is 0 Å². The van der Waals surface area contributed by atoms with Crippen LogP contribution in [0.2, 0.25) is 0 Å². The number of rotatable bonds is 3. The van der Waals surface area contributed by atoms with Gasteiger partial charge in [0.05, 0.1) is 6.10 Å². The molecule has 94 valence electrons. The zero-order valence-electron chi connectivity index (χ0n) is 11.0. The quantitative estimate of drug-likeness (QED) is 0.798. The second-order valence-electron chi connectivity index (χ2n) is 6.31. The van der Waals surface area contributed by atoms with E-state index in [1.807, 2.05) is 0 Å². The van der Waals surface area contributed by atoms with Gasteiger partial charge in [0.1, 0.15) is 0 Å². The van der Waals surface area contributed by atoms with Crippen LogP contribution < -0.4 is 0 Å². The smallest absolute Gasteiger partial charge is 0.0585 e. The third-order valence-corrected chi connectivity index (χ3v) is 4.84. The molecule has 16 heavy (non-hydrogen) atoms. The molecule has 2 saturated carbocycles. The zero-order valence-corrected chi connectivity index (χ0v) is 11.0. The first-order chi connectivity index (χ1) is 7.58. The van der Waals surface area contributed by atoms with Crippen LogP contribution in [0.15, 0.2) is 0 Å². The molecule has 4 unspecified atom stereocenters. The Labute approximate surface area is 100 Å². The molecule has 2 aliphatic rings. The van der Waals surface area contributed by atoms with Gasteiger partial charge in [-0.25, -0.2) is 0 Å². The number of aliphatic hydroxyl groups is 1. The van der Waals surface area contributed by atoms with E-state index in [1.165, 1.54) is 25.7 Å². The van der Waals surface area contributed by atoms with Gasteiger partial charge in [-0.15, -0.1) is 0 Å². The lowest BCUT2D eigenvalue weighted by molar-refractivity contribution is -0.0101. The fourth-order valence-corrected chi connectivity index (χ4v) is 3.48. The van der Waals surface area contributed by atoms with E-state index in [-0.39, 0.29) is 6.10 Å². The highest BCUT2D eigenvalue weighted by Gasteiger charge is 2.35. The van der Waals surface area contributed by atoms with E-state index in [9.17, 15) is 5.11 Å². The molecule has 2 aliphatic carbocycles. The molecule has 1 N–H and O–H groups in total. The minimum Gasteiger partial charge on any atom is -0.393 e. The third kappa shape index (κ3) is 2.60. The normalized spacial score (nSPS) is 41.1. The fourth-order valence-electron chi connectivity index (χ4n) is 3.48. The third-order valence-electron chi connectivity index (χ3n) is 4.84. The van der Waals surface area contributed by atoms with Gasteiger partial charge in [0.15, 0.2) is 0 Å². The van der Waals surface area contributed by atoms with Gasteiger partial charge in [0.2, 0.25) is 0 Å². The first-order valence-electron chi connectivity index (χ1n) is 6.96. The summed E-state index contributed by atoms with van der Waals surface area (Å²) in [5, 5.41) is 10.2. The van der Waals surface area contributed by atoms with Crippen molar-refractivity contribution in [2.45, 2.75) is 58.1 Å². The molecule has 0 aliphatic heterocycles. The molecule has 2 nitrogen and oxygen atoms in total. The van der Waals surface area contributed by atoms with Crippen LogP contribution in [-0.2, 0) is 0 Å². The molecule has 2 heteroatoms. The van der Waals surface area contributed by atoms with Crippen molar-refractivity contribution in [1.82, 2.24) is 4.90 Å². The molecule has 0 aromatic heterocycles. The lowest BCUT2D eigenvalue weighted by Gasteiger charge is -2.42. The fraction of sp³-hybridized carbons (Fsp3) is 1.00. The highest BCUT2D eigenvalue weighted by molar-refractivity contribution is 4.87. The van der Waals surface area contributed by atoms with Gasteiger partial charge >= 0.3 is 0 Å². The summed E-state index contributed by atoms with van der Waals surface area (Å²) in [6, 6.07) is 0.804. The summed E-state index contributed by atoms with van der Waals surface area (Å²) in [4.78, 5) is 2.49. The minimum absolute atomic E-state index is 0.0683. The number of aliphatic hydroxyl groups excluding tert-OH is 1. The van der Waals surface area contributed by atoms with Crippen LogP contribution in [0.5, 0.6) is 0 Å². The second-order valence-corrected chi connectivity index (χ2v) is 6.31. The van der Waals surface area contributed by atoms with E-state index in [4.69, 9.17) is 0 Å². The Morgan fingerprint density at radius 2 is 1.88 bits per heavy atom. The van der Waals surface area contributed by atoms with Crippen molar-refractivity contribution in [1.29, 1.82) is 0 Å². The summed E-state index contributed by atoms with van der Waals surface area (Å²) in [7, 11) is 2.24. The van der Waals surface area contributed by atoms with Gasteiger partial charge in [0, 0.05) is 18.5 Å². The van der Waals surface area contributed by atoms with Crippen molar-refractivity contribution >= 4 is 0 Å². The Bertz CT molecular complexity index is 215. The topological polar surface area (TPSA) is 23.5 Å². The van der Waals surface area contributed by atoms with Gasteiger partial charge in [-0.2, -0.15) is 0 Å². The van der Waals surface area contributed by atoms with Crippen molar-refractivity contribution < 1.29 is 5.11 Å². The van der Waals surface area contributed by atoms with Crippen molar-refractivity contribution in [2.24, 2.45) is 17.8 Å². The maximum atomic E-state index is 10.2. The van der Waals surface area contributed by atoms with E-state index in [0.29, 0.717) is 17.8 Å². The average molecular weight is 225 g/mol. The number of nitrogens with zero attached hydrogens (tertiary/aromatic N) is 1. The van der Waals surface area contributed by atoms with E-state index in [1.54, 1.807) is 0 Å². The van der Waals surface area contributed by atoms with E-state index < -0.39 is 0 Å². The van der Waals surface area contributed by atoms with E-state index >= 15 is 0 Å². The lowest BCUT2D eigenvalue weighted by atomic mass is 9.73. The molecule has 4 atom stereocenters. The molecular formula is C14H27NO. The van der Waals surface area contributed by atoms with Gasteiger partial charge < -0.3 is 10.0 Å². The maximum absolute atomic E-state index is 10.2. The molecule has 0 radical (unpaired) electrons. The standard InChI is InChI=1S/C14H27NO/c1-10-7-11(2)13(14(16)8-10)9-15(3)12-5-4-6-12/h10-14,16H,4-9H2,1-3H3. The molecule has 0 aromatic carbocycles. The first-order valence-corrected chi connectivity index (χ1v) is 6.96. The predicted molar refractivity (Wildman–Crippen MR) is 67.3 cm³/mol. The summed E-state index contributed by atoms with van der Waals surface area (Å²) in [6.07, 6.45) is 6.36. The van der Waals surface area contributed by atoms with Crippen molar-refractivity contribution in [3.05, 3.63) is 0 Å². The Morgan fingerprint density at radius 3 is 2.38 bits per heavy atom. The van der Waals surface area contributed by atoms with Crippen LogP contribution in [-0.4, -0.2) is 35.7 Å². The molecule has 0 saturated heterocycles. The highest BCUT2D eigenvalue weighted by atomic mass is 16.3. The second kappa shape index (κ2) is 5.05. The maximum Gasteiger partial charge on any atom is 0.0585 e. The minimum atomic E-state index is -0.0683. The lowest BCUT2D eigenvalue weighted by Crippen LogP contribution is -2.46. The van der Waals surface area contributed by atoms with Crippen LogP contribution in [0.25, 0.3) is 0 Å². The Balaban J connectivity index is 1.86. The largest absolute Gasteiger partial charge is 0.393 e. The van der Waals surface area contributed by atoms with Gasteiger partial charge in [-0.05, 0) is 44.6 Å². The number of hydrogen-bond donors (Lipinski definition) is 1. The molecule has 0 amide bonds. The van der Waals surface area contributed by atoms with E-state index in [0.717, 1.165) is 19.0 Å². The summed E-state index contributed by atoms with van der Waals surface area (Å²) in [6.45, 7) is 5.68. The van der Waals surface area contributed by atoms with Gasteiger partial charge in [-0.3, -0.25) is 0 Å². The predicted octanol–water partition coefficient (Wildman–Crippen LogP) is 2.51. The Hall–Kier alpha value is -0.0800. The SMILES string of the molecule is CC1CC(C)C(CN(C)C2CCC2)C(O)C1. The summed E-state index contributed by atoms with van der Waals surface area (Å²) < 4.78 is 0. The molecule has 0 spiro atoms. The van der Waals surface area contributed by atoms with Crippen molar-refractivity contribution in [2.75, 3.05) is 13.6 Å². The van der Waals surface area contributed by atoms with Gasteiger partial charge in [0.25, 0.3) is 0 Å². The van der Waals surface area contributed by atoms with Crippen LogP contribution in [0.1, 0.15) is 46.0 Å². The molecular weight excluding hydrogens is 198 g/mol. The zero-order chi connectivity index (χ0) is 11.7. The first kappa shape index (κ1) is 12.4. The van der Waals surface area contributed by atoms with Crippen LogP contribution in [0, 0.1) is 17.8 Å². The Kier molecular flexibility index (Phi) is 3.91. The number of hydrogen-bond acceptors (Lipinski definition) is 2. The average Bonchev–Trinajstić information content (AvgIpc) is 2.08. The molecule has 0 bridgehead atoms. The highest BCUT2D eigenvalue weighted by Crippen LogP contribution is 2.35. The summed E-state index contributed by atoms with van der Waals surface area (Å²) in [5.74, 6) is 1.89. The molecule has 0 heterocycles. The van der Waals surface area contributed by atoms with Crippen molar-refractivity contribution in [3.8, 4) is 0 Å². The van der Waals surface area contributed by atoms with Crippen molar-refractivity contribution in [3.63, 3.8) is 0 Å². The molecule has 0 aromatic rings. The summed E-state index contributed by atoms with van der Waals surface area (Å²) >= 11 is 0. The molecule has 2 rings (SSSR count). The van der Waals surface area contributed by atoms with Crippen LogP contribution >= 0.6 is 0 Å². The van der Waals surface area contributed by atoms with E-state index in [2.05, 4.69) is 25.8 Å². The van der Waals surface area contributed by atoms with Crippen LogP contribution in [0.4, 0.5) is 0 Å². The van der Waals surface area contributed by atoms with Gasteiger partial charge in [-0.1, -0.05) is 20.3 Å².